The molecular formula is C20H17BrN4O2. The smallest absolute Gasteiger partial charge is 0.229 e. The van der Waals surface area contributed by atoms with E-state index in [0.717, 1.165) is 21.5 Å². The van der Waals surface area contributed by atoms with E-state index >= 15 is 0 Å². The van der Waals surface area contributed by atoms with Gasteiger partial charge in [-0.15, -0.1) is 0 Å². The van der Waals surface area contributed by atoms with Crippen LogP contribution in [0.3, 0.4) is 0 Å². The number of imidazole rings is 1. The molecule has 4 rings (SSSR count). The van der Waals surface area contributed by atoms with Gasteiger partial charge in [0.2, 0.25) is 11.8 Å². The maximum atomic E-state index is 12.6. The number of para-hydroxylation sites is 1. The molecule has 1 saturated heterocycles. The number of anilines is 2. The molecule has 1 unspecified atom stereocenters. The topological polar surface area (TPSA) is 78.1 Å². The predicted molar refractivity (Wildman–Crippen MR) is 107 cm³/mol. The van der Waals surface area contributed by atoms with Gasteiger partial charge in [-0.25, -0.2) is 4.98 Å². The molecule has 0 aliphatic carbocycles. The lowest BCUT2D eigenvalue weighted by atomic mass is 10.1. The lowest BCUT2D eigenvalue weighted by Gasteiger charge is -2.18. The molecule has 1 atom stereocenters. The first-order valence-corrected chi connectivity index (χ1v) is 9.36. The van der Waals surface area contributed by atoms with E-state index in [1.165, 1.54) is 0 Å². The summed E-state index contributed by atoms with van der Waals surface area (Å²) in [6, 6.07) is 15.0. The molecule has 1 aliphatic rings. The van der Waals surface area contributed by atoms with Gasteiger partial charge >= 0.3 is 0 Å². The summed E-state index contributed by atoms with van der Waals surface area (Å²) in [5, 5.41) is 2.90. The second kappa shape index (κ2) is 7.36. The van der Waals surface area contributed by atoms with Crippen molar-refractivity contribution in [1.82, 2.24) is 9.97 Å². The standard InChI is InChI=1S/C20H17BrN4O2/c21-16-3-1-2-4-17(16)25-12-14(11-18(25)26)20(27)24-15-7-5-13(6-8-15)19-22-9-10-23-19/h1-10,14H,11-12H2,(H,22,23)(H,24,27). The molecule has 7 heteroatoms. The van der Waals surface area contributed by atoms with Crippen LogP contribution in [0, 0.1) is 5.92 Å². The van der Waals surface area contributed by atoms with E-state index in [-0.39, 0.29) is 24.2 Å². The van der Waals surface area contributed by atoms with Crippen LogP contribution in [0.2, 0.25) is 0 Å². The molecule has 0 spiro atoms. The zero-order valence-corrected chi connectivity index (χ0v) is 15.9. The second-order valence-electron chi connectivity index (χ2n) is 6.36. The van der Waals surface area contributed by atoms with Gasteiger partial charge in [0.1, 0.15) is 5.82 Å². The summed E-state index contributed by atoms with van der Waals surface area (Å²) in [7, 11) is 0. The van der Waals surface area contributed by atoms with Crippen molar-refractivity contribution in [3.63, 3.8) is 0 Å². The number of amides is 2. The van der Waals surface area contributed by atoms with Crippen LogP contribution < -0.4 is 10.2 Å². The quantitative estimate of drug-likeness (QED) is 0.667. The van der Waals surface area contributed by atoms with Crippen molar-refractivity contribution in [1.29, 1.82) is 0 Å². The fourth-order valence-electron chi connectivity index (χ4n) is 3.17. The fourth-order valence-corrected chi connectivity index (χ4v) is 3.66. The van der Waals surface area contributed by atoms with E-state index in [1.54, 1.807) is 17.3 Å². The number of carbonyl (C=O) groups is 2. The third kappa shape index (κ3) is 3.64. The summed E-state index contributed by atoms with van der Waals surface area (Å²) in [5.74, 6) is 0.201. The van der Waals surface area contributed by atoms with Gasteiger partial charge in [0.15, 0.2) is 0 Å². The first-order chi connectivity index (χ1) is 13.1. The molecule has 0 bridgehead atoms. The lowest BCUT2D eigenvalue weighted by Crippen LogP contribution is -2.28. The van der Waals surface area contributed by atoms with Gasteiger partial charge < -0.3 is 15.2 Å². The van der Waals surface area contributed by atoms with Crippen molar-refractivity contribution >= 4 is 39.1 Å². The normalized spacial score (nSPS) is 16.6. The Morgan fingerprint density at radius 1 is 1.19 bits per heavy atom. The van der Waals surface area contributed by atoms with Gasteiger partial charge in [-0.3, -0.25) is 9.59 Å². The first kappa shape index (κ1) is 17.5. The molecule has 1 aliphatic heterocycles. The van der Waals surface area contributed by atoms with Crippen LogP contribution in [0.1, 0.15) is 6.42 Å². The van der Waals surface area contributed by atoms with Crippen LogP contribution in [0.4, 0.5) is 11.4 Å². The zero-order valence-electron chi connectivity index (χ0n) is 14.4. The van der Waals surface area contributed by atoms with Crippen molar-refractivity contribution in [2.75, 3.05) is 16.8 Å². The van der Waals surface area contributed by atoms with Crippen LogP contribution in [-0.4, -0.2) is 28.3 Å². The summed E-state index contributed by atoms with van der Waals surface area (Å²) >= 11 is 3.47. The molecule has 6 nitrogen and oxygen atoms in total. The number of nitrogens with zero attached hydrogens (tertiary/aromatic N) is 2. The Morgan fingerprint density at radius 3 is 2.67 bits per heavy atom. The Kier molecular flexibility index (Phi) is 4.77. The lowest BCUT2D eigenvalue weighted by molar-refractivity contribution is -0.122. The van der Waals surface area contributed by atoms with Crippen LogP contribution >= 0.6 is 15.9 Å². The van der Waals surface area contributed by atoms with Crippen LogP contribution in [-0.2, 0) is 9.59 Å². The van der Waals surface area contributed by atoms with Crippen molar-refractivity contribution < 1.29 is 9.59 Å². The van der Waals surface area contributed by atoms with Gasteiger partial charge in [0.05, 0.1) is 11.6 Å². The molecule has 1 fully saturated rings. The Morgan fingerprint density at radius 2 is 1.96 bits per heavy atom. The zero-order chi connectivity index (χ0) is 18.8. The second-order valence-corrected chi connectivity index (χ2v) is 7.22. The van der Waals surface area contributed by atoms with Crippen molar-refractivity contribution in [2.24, 2.45) is 5.92 Å². The maximum Gasteiger partial charge on any atom is 0.229 e. The van der Waals surface area contributed by atoms with Gasteiger partial charge in [-0.2, -0.15) is 0 Å². The Balaban J connectivity index is 1.43. The van der Waals surface area contributed by atoms with Gasteiger partial charge in [-0.1, -0.05) is 12.1 Å². The average molecular weight is 425 g/mol. The summed E-state index contributed by atoms with van der Waals surface area (Å²) in [5.41, 5.74) is 2.43. The van der Waals surface area contributed by atoms with E-state index in [0.29, 0.717) is 12.2 Å². The highest BCUT2D eigenvalue weighted by Gasteiger charge is 2.35. The average Bonchev–Trinajstić information content (AvgIpc) is 3.33. The summed E-state index contributed by atoms with van der Waals surface area (Å²) < 4.78 is 0.841. The fraction of sp³-hybridized carbons (Fsp3) is 0.150. The van der Waals surface area contributed by atoms with E-state index in [2.05, 4.69) is 31.2 Å². The molecule has 1 aromatic heterocycles. The monoisotopic (exact) mass is 424 g/mol. The molecular weight excluding hydrogens is 408 g/mol. The molecule has 3 aromatic rings. The number of benzene rings is 2. The van der Waals surface area contributed by atoms with E-state index < -0.39 is 0 Å². The molecule has 136 valence electrons. The Labute approximate surface area is 164 Å². The van der Waals surface area contributed by atoms with E-state index in [4.69, 9.17) is 0 Å². The highest BCUT2D eigenvalue weighted by molar-refractivity contribution is 9.10. The largest absolute Gasteiger partial charge is 0.345 e. The van der Waals surface area contributed by atoms with Gasteiger partial charge in [0, 0.05) is 41.1 Å². The molecule has 27 heavy (non-hydrogen) atoms. The minimum Gasteiger partial charge on any atom is -0.345 e. The van der Waals surface area contributed by atoms with Gasteiger partial charge in [0.25, 0.3) is 0 Å². The minimum absolute atomic E-state index is 0.0461. The number of H-pyrrole nitrogens is 1. The molecule has 2 amide bonds. The third-order valence-electron chi connectivity index (χ3n) is 4.56. The number of halogens is 1. The van der Waals surface area contributed by atoms with Crippen molar-refractivity contribution in [3.05, 3.63) is 65.4 Å². The highest BCUT2D eigenvalue weighted by Crippen LogP contribution is 2.31. The number of aromatic nitrogens is 2. The van der Waals surface area contributed by atoms with Gasteiger partial charge in [-0.05, 0) is 52.3 Å². The molecule has 0 radical (unpaired) electrons. The number of hydrogen-bond acceptors (Lipinski definition) is 3. The molecule has 2 N–H and O–H groups in total. The molecule has 0 saturated carbocycles. The Bertz CT molecular complexity index is 970. The number of hydrogen-bond donors (Lipinski definition) is 2. The number of carbonyl (C=O) groups excluding carboxylic acids is 2. The van der Waals surface area contributed by atoms with E-state index in [9.17, 15) is 9.59 Å². The minimum atomic E-state index is -0.380. The Hall–Kier alpha value is -2.93. The molecule has 2 aromatic carbocycles. The van der Waals surface area contributed by atoms with E-state index in [1.807, 2.05) is 48.5 Å². The summed E-state index contributed by atoms with van der Waals surface area (Å²) in [6.45, 7) is 0.373. The highest BCUT2D eigenvalue weighted by atomic mass is 79.9. The molecule has 2 heterocycles. The number of aromatic amines is 1. The van der Waals surface area contributed by atoms with Crippen LogP contribution in [0.5, 0.6) is 0 Å². The first-order valence-electron chi connectivity index (χ1n) is 8.57. The number of nitrogens with one attached hydrogen (secondary N) is 2. The summed E-state index contributed by atoms with van der Waals surface area (Å²) in [4.78, 5) is 33.9. The summed E-state index contributed by atoms with van der Waals surface area (Å²) in [6.07, 6.45) is 3.66. The third-order valence-corrected chi connectivity index (χ3v) is 5.23. The van der Waals surface area contributed by atoms with Crippen molar-refractivity contribution in [3.8, 4) is 11.4 Å². The van der Waals surface area contributed by atoms with Crippen LogP contribution in [0.15, 0.2) is 65.4 Å². The van der Waals surface area contributed by atoms with Crippen LogP contribution in [0.25, 0.3) is 11.4 Å². The maximum absolute atomic E-state index is 12.6. The predicted octanol–water partition coefficient (Wildman–Crippen LogP) is 3.83. The number of rotatable bonds is 4. The van der Waals surface area contributed by atoms with Crippen molar-refractivity contribution in [2.45, 2.75) is 6.42 Å². The SMILES string of the molecule is O=C(Nc1ccc(-c2ncc[nH]2)cc1)C1CC(=O)N(c2ccccc2Br)C1.